The number of aliphatic carboxylic acids is 1. The molecule has 1 aliphatic rings. The highest BCUT2D eigenvalue weighted by Crippen LogP contribution is 2.29. The molecule has 1 aromatic carbocycles. The smallest absolute Gasteiger partial charge is 0.303 e. The summed E-state index contributed by atoms with van der Waals surface area (Å²) >= 11 is 3.22. The molecular weight excluding hydrogens is 325 g/mol. The lowest BCUT2D eigenvalue weighted by molar-refractivity contribution is -0.138. The maximum Gasteiger partial charge on any atom is 0.303 e. The van der Waals surface area contributed by atoms with Crippen LogP contribution in [0.1, 0.15) is 37.8 Å². The van der Waals surface area contributed by atoms with Gasteiger partial charge in [-0.05, 0) is 72.4 Å². The van der Waals surface area contributed by atoms with Crippen molar-refractivity contribution in [3.05, 3.63) is 34.1 Å². The van der Waals surface area contributed by atoms with Gasteiger partial charge in [0.1, 0.15) is 5.82 Å². The summed E-state index contributed by atoms with van der Waals surface area (Å²) in [6.45, 7) is 3.90. The highest BCUT2D eigenvalue weighted by molar-refractivity contribution is 9.10. The van der Waals surface area contributed by atoms with Crippen molar-refractivity contribution in [2.75, 3.05) is 13.1 Å². The molecule has 0 amide bonds. The van der Waals surface area contributed by atoms with E-state index in [-0.39, 0.29) is 24.2 Å². The molecule has 0 radical (unpaired) electrons. The molecular formula is C15H19BrFNO2. The van der Waals surface area contributed by atoms with E-state index < -0.39 is 5.97 Å². The first-order valence-electron chi connectivity index (χ1n) is 6.88. The average Bonchev–Trinajstić information content (AvgIpc) is 2.41. The number of piperidine rings is 1. The highest BCUT2D eigenvalue weighted by Gasteiger charge is 2.25. The summed E-state index contributed by atoms with van der Waals surface area (Å²) in [4.78, 5) is 13.1. The predicted octanol–water partition coefficient (Wildman–Crippen LogP) is 3.84. The summed E-state index contributed by atoms with van der Waals surface area (Å²) in [5, 5.41) is 8.82. The summed E-state index contributed by atoms with van der Waals surface area (Å²) in [7, 11) is 0. The maximum absolute atomic E-state index is 13.3. The second-order valence-electron chi connectivity index (χ2n) is 5.43. The Hall–Kier alpha value is -0.940. The minimum absolute atomic E-state index is 0.220. The standard InChI is InChI=1S/C15H19BrFNO2/c1-10(12-2-3-14(17)13(16)9-12)18-6-4-11(5-7-18)8-15(19)20/h2-3,9-11H,4-8H2,1H3,(H,19,20). The Bertz CT molecular complexity index is 487. The van der Waals surface area contributed by atoms with Crippen molar-refractivity contribution in [3.63, 3.8) is 0 Å². The summed E-state index contributed by atoms with van der Waals surface area (Å²) in [6, 6.07) is 5.34. The first-order chi connectivity index (χ1) is 9.47. The van der Waals surface area contributed by atoms with Gasteiger partial charge in [-0.25, -0.2) is 4.39 Å². The van der Waals surface area contributed by atoms with Crippen molar-refractivity contribution in [1.29, 1.82) is 0 Å². The molecule has 0 spiro atoms. The van der Waals surface area contributed by atoms with E-state index in [1.54, 1.807) is 0 Å². The van der Waals surface area contributed by atoms with Gasteiger partial charge in [0.25, 0.3) is 0 Å². The van der Waals surface area contributed by atoms with Crippen LogP contribution >= 0.6 is 15.9 Å². The fourth-order valence-electron chi connectivity index (χ4n) is 2.77. The average molecular weight is 344 g/mol. The summed E-state index contributed by atoms with van der Waals surface area (Å²) in [5.74, 6) is -0.670. The lowest BCUT2D eigenvalue weighted by Crippen LogP contribution is -2.36. The molecule has 20 heavy (non-hydrogen) atoms. The number of hydrogen-bond acceptors (Lipinski definition) is 2. The Labute approximate surface area is 126 Å². The molecule has 0 bridgehead atoms. The second kappa shape index (κ2) is 6.68. The number of rotatable bonds is 4. The van der Waals surface area contributed by atoms with Gasteiger partial charge in [0.05, 0.1) is 4.47 Å². The third kappa shape index (κ3) is 3.79. The van der Waals surface area contributed by atoms with Gasteiger partial charge in [0, 0.05) is 12.5 Å². The largest absolute Gasteiger partial charge is 0.481 e. The Kier molecular flexibility index (Phi) is 5.16. The molecule has 1 fully saturated rings. The molecule has 0 aromatic heterocycles. The van der Waals surface area contributed by atoms with Crippen LogP contribution in [0.2, 0.25) is 0 Å². The fraction of sp³-hybridized carbons (Fsp3) is 0.533. The van der Waals surface area contributed by atoms with Gasteiger partial charge in [-0.15, -0.1) is 0 Å². The normalized spacial score (nSPS) is 18.9. The van der Waals surface area contributed by atoms with Crippen LogP contribution in [0, 0.1) is 11.7 Å². The zero-order chi connectivity index (χ0) is 14.7. The Morgan fingerprint density at radius 3 is 2.70 bits per heavy atom. The first kappa shape index (κ1) is 15.4. The summed E-state index contributed by atoms with van der Waals surface area (Å²) in [6.07, 6.45) is 2.10. The number of benzene rings is 1. The van der Waals surface area contributed by atoms with Gasteiger partial charge in [0.15, 0.2) is 0 Å². The van der Waals surface area contributed by atoms with E-state index >= 15 is 0 Å². The SMILES string of the molecule is CC(c1ccc(F)c(Br)c1)N1CCC(CC(=O)O)CC1. The molecule has 1 atom stereocenters. The summed E-state index contributed by atoms with van der Waals surface area (Å²) < 4.78 is 13.7. The molecule has 1 unspecified atom stereocenters. The van der Waals surface area contributed by atoms with Gasteiger partial charge >= 0.3 is 5.97 Å². The third-order valence-corrected chi connectivity index (χ3v) is 4.69. The van der Waals surface area contributed by atoms with Crippen molar-refractivity contribution in [1.82, 2.24) is 4.90 Å². The Balaban J connectivity index is 1.95. The maximum atomic E-state index is 13.3. The van der Waals surface area contributed by atoms with Crippen LogP contribution in [-0.2, 0) is 4.79 Å². The van der Waals surface area contributed by atoms with E-state index in [1.165, 1.54) is 6.07 Å². The van der Waals surface area contributed by atoms with Crippen molar-refractivity contribution in [3.8, 4) is 0 Å². The monoisotopic (exact) mass is 343 g/mol. The number of carboxylic acid groups (broad SMARTS) is 1. The zero-order valence-corrected chi connectivity index (χ0v) is 13.1. The van der Waals surface area contributed by atoms with Crippen LogP contribution in [0.5, 0.6) is 0 Å². The number of halogens is 2. The Morgan fingerprint density at radius 2 is 2.15 bits per heavy atom. The predicted molar refractivity (Wildman–Crippen MR) is 79.1 cm³/mol. The van der Waals surface area contributed by atoms with Crippen molar-refractivity contribution in [2.24, 2.45) is 5.92 Å². The quantitative estimate of drug-likeness (QED) is 0.902. The molecule has 5 heteroatoms. The molecule has 3 nitrogen and oxygen atoms in total. The van der Waals surface area contributed by atoms with Crippen LogP contribution in [-0.4, -0.2) is 29.1 Å². The van der Waals surface area contributed by atoms with Gasteiger partial charge in [0.2, 0.25) is 0 Å². The molecule has 0 saturated carbocycles. The molecule has 110 valence electrons. The number of hydrogen-bond donors (Lipinski definition) is 1. The molecule has 1 saturated heterocycles. The van der Waals surface area contributed by atoms with Crippen LogP contribution in [0.3, 0.4) is 0 Å². The molecule has 1 aromatic rings. The van der Waals surface area contributed by atoms with Crippen molar-refractivity contribution in [2.45, 2.75) is 32.2 Å². The van der Waals surface area contributed by atoms with Crippen LogP contribution in [0.4, 0.5) is 4.39 Å². The molecule has 1 N–H and O–H groups in total. The fourth-order valence-corrected chi connectivity index (χ4v) is 3.17. The topological polar surface area (TPSA) is 40.5 Å². The minimum atomic E-state index is -0.709. The molecule has 0 aliphatic carbocycles. The van der Waals surface area contributed by atoms with E-state index in [0.29, 0.717) is 4.47 Å². The lowest BCUT2D eigenvalue weighted by atomic mass is 9.92. The molecule has 1 aliphatic heterocycles. The Morgan fingerprint density at radius 1 is 1.50 bits per heavy atom. The third-order valence-electron chi connectivity index (χ3n) is 4.09. The van der Waals surface area contributed by atoms with Crippen LogP contribution in [0.25, 0.3) is 0 Å². The van der Waals surface area contributed by atoms with Gasteiger partial charge in [-0.2, -0.15) is 0 Å². The van der Waals surface area contributed by atoms with Gasteiger partial charge in [-0.3, -0.25) is 9.69 Å². The van der Waals surface area contributed by atoms with E-state index in [4.69, 9.17) is 5.11 Å². The molecule has 2 rings (SSSR count). The number of nitrogens with zero attached hydrogens (tertiary/aromatic N) is 1. The number of carbonyl (C=O) groups is 1. The minimum Gasteiger partial charge on any atom is -0.481 e. The van der Waals surface area contributed by atoms with Crippen molar-refractivity contribution < 1.29 is 14.3 Å². The van der Waals surface area contributed by atoms with Crippen LogP contribution < -0.4 is 0 Å². The van der Waals surface area contributed by atoms with Gasteiger partial charge in [-0.1, -0.05) is 6.07 Å². The van der Waals surface area contributed by atoms with E-state index in [1.807, 2.05) is 12.1 Å². The van der Waals surface area contributed by atoms with Crippen molar-refractivity contribution >= 4 is 21.9 Å². The van der Waals surface area contributed by atoms with Crippen LogP contribution in [0.15, 0.2) is 22.7 Å². The summed E-state index contributed by atoms with van der Waals surface area (Å²) in [5.41, 5.74) is 1.08. The zero-order valence-electron chi connectivity index (χ0n) is 11.5. The van der Waals surface area contributed by atoms with E-state index in [9.17, 15) is 9.18 Å². The highest BCUT2D eigenvalue weighted by atomic mass is 79.9. The van der Waals surface area contributed by atoms with E-state index in [2.05, 4.69) is 27.8 Å². The second-order valence-corrected chi connectivity index (χ2v) is 6.28. The number of carboxylic acids is 1. The first-order valence-corrected chi connectivity index (χ1v) is 7.67. The molecule has 1 heterocycles. The lowest BCUT2D eigenvalue weighted by Gasteiger charge is -2.36. The van der Waals surface area contributed by atoms with Gasteiger partial charge < -0.3 is 5.11 Å². The van der Waals surface area contributed by atoms with E-state index in [0.717, 1.165) is 31.5 Å². The number of likely N-dealkylation sites (tertiary alicyclic amines) is 1.